The van der Waals surface area contributed by atoms with Crippen molar-refractivity contribution < 1.29 is 0 Å². The number of hydrogen-bond donors (Lipinski definition) is 0. The SMILES string of the molecule is C#CCCc1cc(C(C)(C)C)ccc1C. The van der Waals surface area contributed by atoms with Crippen LogP contribution in [-0.2, 0) is 11.8 Å². The van der Waals surface area contributed by atoms with Gasteiger partial charge in [-0.2, -0.15) is 0 Å². The molecule has 1 rings (SSSR count). The number of hydrogen-bond acceptors (Lipinski definition) is 0. The summed E-state index contributed by atoms with van der Waals surface area (Å²) >= 11 is 0. The molecule has 0 radical (unpaired) electrons. The minimum atomic E-state index is 0.221. The van der Waals surface area contributed by atoms with Crippen LogP contribution in [0.3, 0.4) is 0 Å². The zero-order chi connectivity index (χ0) is 11.5. The first kappa shape index (κ1) is 11.9. The fraction of sp³-hybridized carbons (Fsp3) is 0.467. The number of terminal acetylenes is 1. The summed E-state index contributed by atoms with van der Waals surface area (Å²) in [7, 11) is 0. The van der Waals surface area contributed by atoms with Gasteiger partial charge in [-0.3, -0.25) is 0 Å². The fourth-order valence-corrected chi connectivity index (χ4v) is 1.61. The van der Waals surface area contributed by atoms with Crippen molar-refractivity contribution in [3.8, 4) is 12.3 Å². The fourth-order valence-electron chi connectivity index (χ4n) is 1.61. The average Bonchev–Trinajstić information content (AvgIpc) is 2.15. The zero-order valence-electron chi connectivity index (χ0n) is 10.2. The lowest BCUT2D eigenvalue weighted by molar-refractivity contribution is 0.589. The third-order valence-electron chi connectivity index (χ3n) is 2.75. The smallest absolute Gasteiger partial charge is 0.0127 e. The summed E-state index contributed by atoms with van der Waals surface area (Å²) in [5.41, 5.74) is 4.34. The van der Waals surface area contributed by atoms with E-state index in [2.05, 4.69) is 51.8 Å². The lowest BCUT2D eigenvalue weighted by Crippen LogP contribution is -2.11. The average molecular weight is 200 g/mol. The van der Waals surface area contributed by atoms with E-state index in [1.54, 1.807) is 0 Å². The Labute approximate surface area is 93.7 Å². The maximum Gasteiger partial charge on any atom is 0.0127 e. The molecule has 1 aromatic carbocycles. The summed E-state index contributed by atoms with van der Waals surface area (Å²) in [4.78, 5) is 0. The highest BCUT2D eigenvalue weighted by molar-refractivity contribution is 5.34. The molecule has 0 atom stereocenters. The molecule has 0 aliphatic carbocycles. The van der Waals surface area contributed by atoms with E-state index in [-0.39, 0.29) is 5.41 Å². The molecule has 0 aliphatic rings. The second kappa shape index (κ2) is 4.53. The highest BCUT2D eigenvalue weighted by Gasteiger charge is 2.14. The Bertz CT molecular complexity index is 372. The summed E-state index contributed by atoms with van der Waals surface area (Å²) in [6, 6.07) is 6.72. The van der Waals surface area contributed by atoms with E-state index < -0.39 is 0 Å². The van der Waals surface area contributed by atoms with Crippen LogP contribution in [0.5, 0.6) is 0 Å². The van der Waals surface area contributed by atoms with Gasteiger partial charge in [0.2, 0.25) is 0 Å². The van der Waals surface area contributed by atoms with Gasteiger partial charge < -0.3 is 0 Å². The van der Waals surface area contributed by atoms with Gasteiger partial charge in [-0.25, -0.2) is 0 Å². The molecule has 1 aromatic rings. The van der Waals surface area contributed by atoms with E-state index in [0.717, 1.165) is 12.8 Å². The van der Waals surface area contributed by atoms with E-state index in [9.17, 15) is 0 Å². The van der Waals surface area contributed by atoms with Gasteiger partial charge in [-0.15, -0.1) is 12.3 Å². The van der Waals surface area contributed by atoms with Gasteiger partial charge in [-0.1, -0.05) is 39.0 Å². The van der Waals surface area contributed by atoms with Gasteiger partial charge >= 0.3 is 0 Å². The highest BCUT2D eigenvalue weighted by atomic mass is 14.2. The highest BCUT2D eigenvalue weighted by Crippen LogP contribution is 2.24. The van der Waals surface area contributed by atoms with Crippen LogP contribution in [0.2, 0.25) is 0 Å². The van der Waals surface area contributed by atoms with Gasteiger partial charge in [0.25, 0.3) is 0 Å². The predicted octanol–water partition coefficient (Wildman–Crippen LogP) is 3.86. The van der Waals surface area contributed by atoms with Crippen molar-refractivity contribution in [1.82, 2.24) is 0 Å². The molecule has 0 bridgehead atoms. The molecular formula is C15H20. The normalized spacial score (nSPS) is 11.1. The quantitative estimate of drug-likeness (QED) is 0.636. The molecule has 0 amide bonds. The third-order valence-corrected chi connectivity index (χ3v) is 2.75. The van der Waals surface area contributed by atoms with Crippen LogP contribution < -0.4 is 0 Å². The van der Waals surface area contributed by atoms with Crippen molar-refractivity contribution in [2.75, 3.05) is 0 Å². The first-order valence-corrected chi connectivity index (χ1v) is 5.48. The van der Waals surface area contributed by atoms with Crippen LogP contribution in [0.4, 0.5) is 0 Å². The Morgan fingerprint density at radius 2 is 1.93 bits per heavy atom. The van der Waals surface area contributed by atoms with E-state index in [1.807, 2.05) is 0 Å². The summed E-state index contributed by atoms with van der Waals surface area (Å²) in [6.07, 6.45) is 7.12. The molecule has 15 heavy (non-hydrogen) atoms. The molecule has 0 N–H and O–H groups in total. The summed E-state index contributed by atoms with van der Waals surface area (Å²) in [6.45, 7) is 8.87. The Morgan fingerprint density at radius 3 is 2.47 bits per heavy atom. The second-order valence-electron chi connectivity index (χ2n) is 5.10. The molecule has 0 aliphatic heterocycles. The molecule has 0 saturated carbocycles. The molecule has 0 aromatic heterocycles. The maximum absolute atomic E-state index is 5.30. The summed E-state index contributed by atoms with van der Waals surface area (Å²) in [5, 5.41) is 0. The van der Waals surface area contributed by atoms with E-state index in [0.29, 0.717) is 0 Å². The van der Waals surface area contributed by atoms with Gasteiger partial charge in [-0.05, 0) is 35.4 Å². The second-order valence-corrected chi connectivity index (χ2v) is 5.10. The van der Waals surface area contributed by atoms with Gasteiger partial charge in [0.15, 0.2) is 0 Å². The zero-order valence-corrected chi connectivity index (χ0v) is 10.2. The topological polar surface area (TPSA) is 0 Å². The molecule has 0 heteroatoms. The number of aryl methyl sites for hydroxylation is 2. The molecule has 0 unspecified atom stereocenters. The summed E-state index contributed by atoms with van der Waals surface area (Å²) in [5.74, 6) is 2.70. The standard InChI is InChI=1S/C15H20/c1-6-7-8-13-11-14(15(3,4)5)10-9-12(13)2/h1,9-11H,7-8H2,2-5H3. The van der Waals surface area contributed by atoms with E-state index in [4.69, 9.17) is 6.42 Å². The van der Waals surface area contributed by atoms with Crippen LogP contribution in [0.15, 0.2) is 18.2 Å². The minimum absolute atomic E-state index is 0.221. The molecule has 80 valence electrons. The molecule has 0 saturated heterocycles. The lowest BCUT2D eigenvalue weighted by atomic mass is 9.85. The third kappa shape index (κ3) is 3.13. The van der Waals surface area contributed by atoms with Crippen LogP contribution in [0.25, 0.3) is 0 Å². The van der Waals surface area contributed by atoms with Gasteiger partial charge in [0.1, 0.15) is 0 Å². The van der Waals surface area contributed by atoms with Gasteiger partial charge in [0, 0.05) is 6.42 Å². The summed E-state index contributed by atoms with van der Waals surface area (Å²) < 4.78 is 0. The Hall–Kier alpha value is -1.22. The maximum atomic E-state index is 5.30. The Morgan fingerprint density at radius 1 is 1.27 bits per heavy atom. The van der Waals surface area contributed by atoms with E-state index in [1.165, 1.54) is 16.7 Å². The Balaban J connectivity index is 3.01. The number of benzene rings is 1. The van der Waals surface area contributed by atoms with Crippen LogP contribution >= 0.6 is 0 Å². The monoisotopic (exact) mass is 200 g/mol. The van der Waals surface area contributed by atoms with Crippen LogP contribution in [0.1, 0.15) is 43.9 Å². The first-order chi connectivity index (χ1) is 6.95. The lowest BCUT2D eigenvalue weighted by Gasteiger charge is -2.20. The molecule has 0 heterocycles. The van der Waals surface area contributed by atoms with Crippen molar-refractivity contribution >= 4 is 0 Å². The van der Waals surface area contributed by atoms with Crippen LogP contribution in [0, 0.1) is 19.3 Å². The van der Waals surface area contributed by atoms with Gasteiger partial charge in [0.05, 0.1) is 0 Å². The van der Waals surface area contributed by atoms with Crippen molar-refractivity contribution in [3.63, 3.8) is 0 Å². The van der Waals surface area contributed by atoms with E-state index >= 15 is 0 Å². The predicted molar refractivity (Wildman–Crippen MR) is 67.0 cm³/mol. The minimum Gasteiger partial charge on any atom is -0.120 e. The molecule has 0 fully saturated rings. The van der Waals surface area contributed by atoms with Crippen molar-refractivity contribution in [3.05, 3.63) is 34.9 Å². The Kier molecular flexibility index (Phi) is 3.58. The molecule has 0 nitrogen and oxygen atoms in total. The number of rotatable bonds is 2. The largest absolute Gasteiger partial charge is 0.120 e. The first-order valence-electron chi connectivity index (χ1n) is 5.48. The van der Waals surface area contributed by atoms with Crippen LogP contribution in [-0.4, -0.2) is 0 Å². The molecule has 0 spiro atoms. The van der Waals surface area contributed by atoms with Crippen molar-refractivity contribution in [1.29, 1.82) is 0 Å². The van der Waals surface area contributed by atoms with Crippen molar-refractivity contribution in [2.45, 2.75) is 46.0 Å². The van der Waals surface area contributed by atoms with Crippen molar-refractivity contribution in [2.24, 2.45) is 0 Å². The molecular weight excluding hydrogens is 180 g/mol.